The lowest BCUT2D eigenvalue weighted by atomic mass is 9.85. The van der Waals surface area contributed by atoms with Crippen molar-refractivity contribution >= 4 is 17.2 Å². The van der Waals surface area contributed by atoms with Crippen molar-refractivity contribution in [2.75, 3.05) is 32.7 Å². The maximum absolute atomic E-state index is 6.01. The summed E-state index contributed by atoms with van der Waals surface area (Å²) in [6.07, 6.45) is 2.16. The van der Waals surface area contributed by atoms with Crippen molar-refractivity contribution in [1.82, 2.24) is 9.80 Å². The van der Waals surface area contributed by atoms with Gasteiger partial charge in [0, 0.05) is 13.1 Å². The van der Waals surface area contributed by atoms with E-state index in [1.807, 2.05) is 0 Å². The highest BCUT2D eigenvalue weighted by atomic mass is 32.1. The van der Waals surface area contributed by atoms with E-state index in [1.54, 1.807) is 0 Å². The molecule has 2 N–H and O–H groups in total. The summed E-state index contributed by atoms with van der Waals surface area (Å²) in [6, 6.07) is 0. The molecule has 4 heteroatoms. The molecule has 0 aliphatic carbocycles. The Morgan fingerprint density at radius 3 is 2.06 bits per heavy atom. The van der Waals surface area contributed by atoms with E-state index in [0.717, 1.165) is 45.6 Å². The van der Waals surface area contributed by atoms with Crippen LogP contribution in [0, 0.1) is 0 Å². The fourth-order valence-corrected chi connectivity index (χ4v) is 3.12. The quantitative estimate of drug-likeness (QED) is 0.741. The van der Waals surface area contributed by atoms with Gasteiger partial charge >= 0.3 is 0 Å². The van der Waals surface area contributed by atoms with Gasteiger partial charge in [0.1, 0.15) is 0 Å². The average molecular weight is 243 g/mol. The Morgan fingerprint density at radius 2 is 1.75 bits per heavy atom. The predicted octanol–water partition coefficient (Wildman–Crippen LogP) is 1.47. The summed E-state index contributed by atoms with van der Waals surface area (Å²) in [5, 5.41) is 0. The maximum atomic E-state index is 6.01. The van der Waals surface area contributed by atoms with Gasteiger partial charge in [0.05, 0.1) is 10.5 Å². The number of likely N-dealkylation sites (N-methyl/N-ethyl adjacent to an activating group) is 1. The molecule has 1 aliphatic rings. The van der Waals surface area contributed by atoms with Gasteiger partial charge in [0.2, 0.25) is 0 Å². The highest BCUT2D eigenvalue weighted by Gasteiger charge is 2.40. The van der Waals surface area contributed by atoms with E-state index in [4.69, 9.17) is 18.0 Å². The van der Waals surface area contributed by atoms with E-state index in [2.05, 4.69) is 30.6 Å². The first-order valence-corrected chi connectivity index (χ1v) is 6.78. The van der Waals surface area contributed by atoms with Crippen LogP contribution in [0.15, 0.2) is 0 Å². The number of likely N-dealkylation sites (tertiary alicyclic amines) is 1. The van der Waals surface area contributed by atoms with Crippen LogP contribution in [0.3, 0.4) is 0 Å². The molecule has 0 unspecified atom stereocenters. The van der Waals surface area contributed by atoms with Crippen LogP contribution < -0.4 is 5.73 Å². The molecular formula is C12H25N3S. The molecule has 0 aromatic carbocycles. The van der Waals surface area contributed by atoms with Crippen LogP contribution in [0.4, 0.5) is 0 Å². The summed E-state index contributed by atoms with van der Waals surface area (Å²) in [6.45, 7) is 12.0. The van der Waals surface area contributed by atoms with Crippen molar-refractivity contribution in [2.24, 2.45) is 5.73 Å². The second kappa shape index (κ2) is 5.94. The summed E-state index contributed by atoms with van der Waals surface area (Å²) in [4.78, 5) is 5.59. The van der Waals surface area contributed by atoms with Crippen LogP contribution in [0.1, 0.15) is 33.6 Å². The van der Waals surface area contributed by atoms with Crippen molar-refractivity contribution in [3.05, 3.63) is 0 Å². The zero-order chi connectivity index (χ0) is 12.2. The van der Waals surface area contributed by atoms with Gasteiger partial charge in [0.15, 0.2) is 0 Å². The molecule has 0 bridgehead atoms. The third-order valence-electron chi connectivity index (χ3n) is 3.96. The Hall–Kier alpha value is -0.190. The Balaban J connectivity index is 2.79. The number of hydrogen-bond donors (Lipinski definition) is 1. The molecule has 0 saturated carbocycles. The number of piperidine rings is 1. The predicted molar refractivity (Wildman–Crippen MR) is 73.8 cm³/mol. The summed E-state index contributed by atoms with van der Waals surface area (Å²) in [7, 11) is 0. The third kappa shape index (κ3) is 2.55. The van der Waals surface area contributed by atoms with Gasteiger partial charge in [-0.1, -0.05) is 33.0 Å². The van der Waals surface area contributed by atoms with Crippen LogP contribution in [0.2, 0.25) is 0 Å². The Kier molecular flexibility index (Phi) is 5.15. The first-order chi connectivity index (χ1) is 7.60. The van der Waals surface area contributed by atoms with Gasteiger partial charge in [-0.05, 0) is 32.5 Å². The average Bonchev–Trinajstić information content (AvgIpc) is 2.31. The van der Waals surface area contributed by atoms with Gasteiger partial charge in [-0.3, -0.25) is 4.90 Å². The molecule has 94 valence electrons. The Bertz CT molecular complexity index is 230. The molecule has 1 rings (SSSR count). The number of hydrogen-bond acceptors (Lipinski definition) is 3. The zero-order valence-electron chi connectivity index (χ0n) is 10.8. The van der Waals surface area contributed by atoms with Gasteiger partial charge < -0.3 is 10.6 Å². The molecule has 0 spiro atoms. The van der Waals surface area contributed by atoms with Gasteiger partial charge in [0.25, 0.3) is 0 Å². The summed E-state index contributed by atoms with van der Waals surface area (Å²) >= 11 is 5.33. The normalized spacial score (nSPS) is 21.2. The van der Waals surface area contributed by atoms with Gasteiger partial charge in [-0.25, -0.2) is 0 Å². The molecule has 3 nitrogen and oxygen atoms in total. The Morgan fingerprint density at radius 1 is 1.25 bits per heavy atom. The van der Waals surface area contributed by atoms with E-state index < -0.39 is 0 Å². The largest absolute Gasteiger partial charge is 0.392 e. The van der Waals surface area contributed by atoms with Crippen molar-refractivity contribution in [1.29, 1.82) is 0 Å². The summed E-state index contributed by atoms with van der Waals surface area (Å²) < 4.78 is 0. The molecule has 0 aromatic heterocycles. The highest BCUT2D eigenvalue weighted by molar-refractivity contribution is 7.80. The van der Waals surface area contributed by atoms with Crippen LogP contribution in [0.5, 0.6) is 0 Å². The molecule has 0 amide bonds. The lowest BCUT2D eigenvalue weighted by Gasteiger charge is -2.47. The van der Waals surface area contributed by atoms with E-state index >= 15 is 0 Å². The Labute approximate surface area is 105 Å². The van der Waals surface area contributed by atoms with Crippen molar-refractivity contribution in [3.8, 4) is 0 Å². The molecule has 1 saturated heterocycles. The molecule has 0 aromatic rings. The second-order valence-electron chi connectivity index (χ2n) is 4.50. The van der Waals surface area contributed by atoms with Crippen LogP contribution >= 0.6 is 12.2 Å². The van der Waals surface area contributed by atoms with Crippen molar-refractivity contribution < 1.29 is 0 Å². The molecule has 1 aliphatic heterocycles. The molecule has 0 radical (unpaired) electrons. The van der Waals surface area contributed by atoms with Crippen LogP contribution in [0.25, 0.3) is 0 Å². The SMILES string of the molecule is CCN1CCC(C(N)=S)(N(CC)CC)CC1. The summed E-state index contributed by atoms with van der Waals surface area (Å²) in [5.41, 5.74) is 5.99. The number of nitrogens with two attached hydrogens (primary N) is 1. The minimum atomic E-state index is -0.0233. The van der Waals surface area contributed by atoms with E-state index in [9.17, 15) is 0 Å². The van der Waals surface area contributed by atoms with E-state index in [-0.39, 0.29) is 5.54 Å². The first kappa shape index (κ1) is 13.9. The highest BCUT2D eigenvalue weighted by Crippen LogP contribution is 2.29. The molecule has 0 atom stereocenters. The van der Waals surface area contributed by atoms with E-state index in [1.165, 1.54) is 0 Å². The van der Waals surface area contributed by atoms with Crippen LogP contribution in [-0.2, 0) is 0 Å². The number of rotatable bonds is 5. The first-order valence-electron chi connectivity index (χ1n) is 6.38. The molecular weight excluding hydrogens is 218 g/mol. The van der Waals surface area contributed by atoms with Gasteiger partial charge in [-0.2, -0.15) is 0 Å². The summed E-state index contributed by atoms with van der Waals surface area (Å²) in [5.74, 6) is 0. The fraction of sp³-hybridized carbons (Fsp3) is 0.917. The number of thiocarbonyl (C=S) groups is 1. The topological polar surface area (TPSA) is 32.5 Å². The monoisotopic (exact) mass is 243 g/mol. The minimum absolute atomic E-state index is 0.0233. The smallest absolute Gasteiger partial charge is 0.0934 e. The number of nitrogens with zero attached hydrogens (tertiary/aromatic N) is 2. The minimum Gasteiger partial charge on any atom is -0.392 e. The molecule has 1 heterocycles. The molecule has 1 fully saturated rings. The van der Waals surface area contributed by atoms with Crippen LogP contribution in [-0.4, -0.2) is 53.1 Å². The lowest BCUT2D eigenvalue weighted by Crippen LogP contribution is -2.61. The lowest BCUT2D eigenvalue weighted by molar-refractivity contribution is 0.0804. The standard InChI is InChI=1S/C12H25N3S/c1-4-14-9-7-12(8-10-14,11(13)16)15(5-2)6-3/h4-10H2,1-3H3,(H2,13,16). The van der Waals surface area contributed by atoms with E-state index in [0.29, 0.717) is 4.99 Å². The fourth-order valence-electron chi connectivity index (χ4n) is 2.79. The van der Waals surface area contributed by atoms with Crippen molar-refractivity contribution in [3.63, 3.8) is 0 Å². The zero-order valence-corrected chi connectivity index (χ0v) is 11.6. The molecule has 16 heavy (non-hydrogen) atoms. The second-order valence-corrected chi connectivity index (χ2v) is 4.94. The van der Waals surface area contributed by atoms with Crippen molar-refractivity contribution in [2.45, 2.75) is 39.2 Å². The maximum Gasteiger partial charge on any atom is 0.0934 e. The third-order valence-corrected chi connectivity index (χ3v) is 4.34. The van der Waals surface area contributed by atoms with Gasteiger partial charge in [-0.15, -0.1) is 0 Å².